The van der Waals surface area contributed by atoms with E-state index in [0.717, 1.165) is 56.1 Å². The summed E-state index contributed by atoms with van der Waals surface area (Å²) in [7, 11) is 3.63. The molecule has 1 N–H and O–H groups in total. The van der Waals surface area contributed by atoms with Crippen LogP contribution >= 0.6 is 0 Å². The third-order valence-electron chi connectivity index (χ3n) is 12.1. The first-order chi connectivity index (χ1) is 16.6. The predicted molar refractivity (Wildman–Crippen MR) is 135 cm³/mol. The molecule has 4 bridgehead atoms. The second-order valence-corrected chi connectivity index (χ2v) is 14.0. The van der Waals surface area contributed by atoms with Crippen LogP contribution < -0.4 is 9.47 Å². The quantitative estimate of drug-likeness (QED) is 0.660. The van der Waals surface area contributed by atoms with E-state index in [1.165, 1.54) is 30.5 Å². The second-order valence-electron chi connectivity index (χ2n) is 14.0. The molecule has 5 aliphatic carbocycles. The van der Waals surface area contributed by atoms with E-state index in [4.69, 9.17) is 14.2 Å². The summed E-state index contributed by atoms with van der Waals surface area (Å²) in [5.74, 6) is 2.71. The molecule has 7 aliphatic rings. The number of methoxy groups -OCH3 is 2. The van der Waals surface area contributed by atoms with Gasteiger partial charge in [-0.3, -0.25) is 4.90 Å². The van der Waals surface area contributed by atoms with Crippen molar-refractivity contribution in [3.8, 4) is 11.5 Å². The average Bonchev–Trinajstić information content (AvgIpc) is 3.56. The third kappa shape index (κ3) is 2.47. The Morgan fingerprint density at radius 1 is 1.11 bits per heavy atom. The molecule has 192 valence electrons. The van der Waals surface area contributed by atoms with Gasteiger partial charge in [0, 0.05) is 42.0 Å². The van der Waals surface area contributed by atoms with E-state index < -0.39 is 11.2 Å². The van der Waals surface area contributed by atoms with Crippen molar-refractivity contribution >= 4 is 0 Å². The minimum atomic E-state index is -0.879. The number of ether oxygens (including phenoxy) is 3. The number of rotatable bonds is 5. The monoisotopic (exact) mass is 481 g/mol. The van der Waals surface area contributed by atoms with Gasteiger partial charge in [0.05, 0.1) is 12.7 Å². The van der Waals surface area contributed by atoms with E-state index in [-0.39, 0.29) is 28.3 Å². The molecule has 5 heteroatoms. The summed E-state index contributed by atoms with van der Waals surface area (Å²) in [6, 6.07) is 4.93. The van der Waals surface area contributed by atoms with Gasteiger partial charge in [0.2, 0.25) is 0 Å². The van der Waals surface area contributed by atoms with Crippen LogP contribution in [0, 0.1) is 22.7 Å². The van der Waals surface area contributed by atoms with Gasteiger partial charge < -0.3 is 19.3 Å². The molecular formula is C30H43NO4. The zero-order valence-electron chi connectivity index (χ0n) is 22.4. The van der Waals surface area contributed by atoms with E-state index in [1.807, 2.05) is 7.11 Å². The maximum Gasteiger partial charge on any atom is 0.165 e. The number of likely N-dealkylation sites (tertiary alicyclic amines) is 1. The van der Waals surface area contributed by atoms with Crippen molar-refractivity contribution in [3.63, 3.8) is 0 Å². The molecule has 2 spiro atoms. The van der Waals surface area contributed by atoms with Gasteiger partial charge in [-0.2, -0.15) is 0 Å². The summed E-state index contributed by atoms with van der Waals surface area (Å²) >= 11 is 0. The van der Waals surface area contributed by atoms with Crippen molar-refractivity contribution in [1.29, 1.82) is 0 Å². The molecule has 0 amide bonds. The molecule has 4 saturated carbocycles. The lowest BCUT2D eigenvalue weighted by molar-refractivity contribution is -0.312. The Hall–Kier alpha value is -1.30. The maximum absolute atomic E-state index is 12.3. The fraction of sp³-hybridized carbons (Fsp3) is 0.800. The minimum absolute atomic E-state index is 0.0112. The Balaban J connectivity index is 1.48. The third-order valence-corrected chi connectivity index (χ3v) is 12.1. The van der Waals surface area contributed by atoms with E-state index in [0.29, 0.717) is 6.04 Å². The van der Waals surface area contributed by atoms with E-state index in [2.05, 4.69) is 44.7 Å². The van der Waals surface area contributed by atoms with Crippen molar-refractivity contribution < 1.29 is 19.3 Å². The molecular weight excluding hydrogens is 438 g/mol. The first-order valence-corrected chi connectivity index (χ1v) is 13.9. The van der Waals surface area contributed by atoms with Crippen LogP contribution in [0.5, 0.6) is 11.5 Å². The number of nitrogens with zero attached hydrogens (tertiary/aromatic N) is 1. The van der Waals surface area contributed by atoms with Gasteiger partial charge in [0.25, 0.3) is 0 Å². The molecule has 7 atom stereocenters. The highest BCUT2D eigenvalue weighted by Gasteiger charge is 2.82. The average molecular weight is 482 g/mol. The molecule has 35 heavy (non-hydrogen) atoms. The summed E-state index contributed by atoms with van der Waals surface area (Å²) in [5, 5.41) is 12.3. The molecule has 1 aromatic carbocycles. The van der Waals surface area contributed by atoms with Crippen LogP contribution in [0.25, 0.3) is 0 Å². The lowest BCUT2D eigenvalue weighted by Gasteiger charge is -2.75. The van der Waals surface area contributed by atoms with Gasteiger partial charge in [-0.15, -0.1) is 0 Å². The molecule has 0 radical (unpaired) electrons. The number of hydrogen-bond donors (Lipinski definition) is 1. The van der Waals surface area contributed by atoms with Gasteiger partial charge in [-0.25, -0.2) is 0 Å². The number of fused-ring (bicyclic) bond motifs is 2. The smallest absolute Gasteiger partial charge is 0.165 e. The van der Waals surface area contributed by atoms with Gasteiger partial charge in [0.1, 0.15) is 11.7 Å². The van der Waals surface area contributed by atoms with Crippen LogP contribution in [-0.4, -0.2) is 60.7 Å². The standard InChI is InChI=1S/C30H43NO4/c1-26(2,3)27(4,32)21-16-28-11-12-30(21,34-6)25-29(28)13-14-31(17-18-7-8-18)22(28)15-19-9-10-20(33-5)24(35-25)23(19)29/h9-10,18,21-22,25,32H,7-8,11-17H2,1-6H3/t21-,22-,25-,27?,28?,29+,30?/m1/s1. The fourth-order valence-electron chi connectivity index (χ4n) is 9.73. The Kier molecular flexibility index (Phi) is 4.42. The van der Waals surface area contributed by atoms with Gasteiger partial charge >= 0.3 is 0 Å². The Morgan fingerprint density at radius 3 is 2.54 bits per heavy atom. The molecule has 5 fully saturated rings. The van der Waals surface area contributed by atoms with Crippen LogP contribution in [0.2, 0.25) is 0 Å². The summed E-state index contributed by atoms with van der Waals surface area (Å²) in [4.78, 5) is 2.86. The van der Waals surface area contributed by atoms with Crippen molar-refractivity contribution in [2.24, 2.45) is 22.7 Å². The zero-order chi connectivity index (χ0) is 24.6. The maximum atomic E-state index is 12.3. The highest BCUT2D eigenvalue weighted by atomic mass is 16.6. The van der Waals surface area contributed by atoms with Crippen molar-refractivity contribution in [1.82, 2.24) is 4.90 Å². The normalized spacial score (nSPS) is 42.9. The molecule has 0 aromatic heterocycles. The summed E-state index contributed by atoms with van der Waals surface area (Å²) in [6.07, 6.45) is 8.00. The lowest BCUT2D eigenvalue weighted by Crippen LogP contribution is -2.83. The molecule has 1 saturated heterocycles. The molecule has 2 aliphatic heterocycles. The van der Waals surface area contributed by atoms with Gasteiger partial charge in [-0.1, -0.05) is 26.8 Å². The van der Waals surface area contributed by atoms with Crippen LogP contribution in [0.15, 0.2) is 12.1 Å². The zero-order valence-corrected chi connectivity index (χ0v) is 22.4. The lowest BCUT2D eigenvalue weighted by atomic mass is 9.33. The molecule has 3 unspecified atom stereocenters. The van der Waals surface area contributed by atoms with E-state index >= 15 is 0 Å². The molecule has 2 heterocycles. The number of piperidine rings is 1. The Morgan fingerprint density at radius 2 is 1.89 bits per heavy atom. The highest BCUT2D eigenvalue weighted by Crippen LogP contribution is 2.78. The topological polar surface area (TPSA) is 51.2 Å². The van der Waals surface area contributed by atoms with Crippen molar-refractivity contribution in [3.05, 3.63) is 23.3 Å². The second kappa shape index (κ2) is 6.76. The highest BCUT2D eigenvalue weighted by molar-refractivity contribution is 5.63. The first kappa shape index (κ1) is 22.9. The van der Waals surface area contributed by atoms with Crippen LogP contribution in [0.4, 0.5) is 0 Å². The van der Waals surface area contributed by atoms with Crippen LogP contribution in [-0.2, 0) is 16.6 Å². The summed E-state index contributed by atoms with van der Waals surface area (Å²) in [6.45, 7) is 11.0. The molecule has 8 rings (SSSR count). The minimum Gasteiger partial charge on any atom is -0.493 e. The van der Waals surface area contributed by atoms with Gasteiger partial charge in [0.15, 0.2) is 11.5 Å². The fourth-order valence-corrected chi connectivity index (χ4v) is 9.73. The SMILES string of the molecule is COc1ccc2c3c1O[C@H]1C4(OC)CCC5(C[C@@H]4C(C)(O)C(C)(C)C)[C@@H](C2)N(CC2CC2)CC[C@]315. The Labute approximate surface area is 210 Å². The summed E-state index contributed by atoms with van der Waals surface area (Å²) in [5.41, 5.74) is 1.26. The van der Waals surface area contributed by atoms with Gasteiger partial charge in [-0.05, 0) is 81.4 Å². The number of aliphatic hydroxyl groups is 1. The molecule has 1 aromatic rings. The first-order valence-electron chi connectivity index (χ1n) is 13.9. The predicted octanol–water partition coefficient (Wildman–Crippen LogP) is 4.72. The number of hydrogen-bond acceptors (Lipinski definition) is 5. The van der Waals surface area contributed by atoms with Crippen LogP contribution in [0.1, 0.15) is 77.3 Å². The van der Waals surface area contributed by atoms with Crippen molar-refractivity contribution in [2.75, 3.05) is 27.3 Å². The van der Waals surface area contributed by atoms with Crippen LogP contribution in [0.3, 0.4) is 0 Å². The van der Waals surface area contributed by atoms with E-state index in [1.54, 1.807) is 7.11 Å². The van der Waals surface area contributed by atoms with E-state index in [9.17, 15) is 5.11 Å². The largest absolute Gasteiger partial charge is 0.493 e. The number of benzene rings is 1. The Bertz CT molecular complexity index is 1070. The van der Waals surface area contributed by atoms with Crippen molar-refractivity contribution in [2.45, 2.75) is 101 Å². The summed E-state index contributed by atoms with van der Waals surface area (Å²) < 4.78 is 19.6. The molecule has 5 nitrogen and oxygen atoms in total.